The van der Waals surface area contributed by atoms with Crippen molar-refractivity contribution >= 4 is 5.91 Å². The summed E-state index contributed by atoms with van der Waals surface area (Å²) in [6, 6.07) is 1.70. The number of nitrogens with zero attached hydrogens (tertiary/aromatic N) is 3. The third-order valence-electron chi connectivity index (χ3n) is 3.13. The second-order valence-corrected chi connectivity index (χ2v) is 5.31. The molecule has 2 heterocycles. The van der Waals surface area contributed by atoms with Gasteiger partial charge >= 0.3 is 0 Å². The summed E-state index contributed by atoms with van der Waals surface area (Å²) in [5, 5.41) is 3.78. The van der Waals surface area contributed by atoms with E-state index in [1.54, 1.807) is 13.0 Å². The minimum absolute atomic E-state index is 0.0175. The van der Waals surface area contributed by atoms with E-state index in [2.05, 4.69) is 23.9 Å². The molecule has 0 radical (unpaired) electrons. The zero-order valence-corrected chi connectivity index (χ0v) is 11.3. The Kier molecular flexibility index (Phi) is 4.01. The van der Waals surface area contributed by atoms with Crippen LogP contribution in [0.4, 0.5) is 0 Å². The summed E-state index contributed by atoms with van der Waals surface area (Å²) in [5.41, 5.74) is 0.421. The van der Waals surface area contributed by atoms with E-state index in [0.29, 0.717) is 17.4 Å². The molecular weight excluding hydrogens is 230 g/mol. The van der Waals surface area contributed by atoms with Crippen LogP contribution >= 0.6 is 0 Å². The first-order valence-corrected chi connectivity index (χ1v) is 6.51. The number of piperazine rings is 1. The summed E-state index contributed by atoms with van der Waals surface area (Å²) in [5.74, 6) is 1.33. The van der Waals surface area contributed by atoms with Crippen LogP contribution in [0.2, 0.25) is 0 Å². The molecule has 0 saturated carbocycles. The van der Waals surface area contributed by atoms with E-state index in [1.807, 2.05) is 4.90 Å². The zero-order chi connectivity index (χ0) is 13.1. The normalized spacial score (nSPS) is 17.4. The largest absolute Gasteiger partial charge is 0.361 e. The molecule has 1 aromatic rings. The monoisotopic (exact) mass is 251 g/mol. The van der Waals surface area contributed by atoms with Gasteiger partial charge < -0.3 is 9.42 Å². The van der Waals surface area contributed by atoms with Gasteiger partial charge in [0.2, 0.25) is 0 Å². The minimum atomic E-state index is -0.0175. The van der Waals surface area contributed by atoms with Crippen molar-refractivity contribution in [1.29, 1.82) is 0 Å². The smallest absolute Gasteiger partial charge is 0.276 e. The maximum Gasteiger partial charge on any atom is 0.276 e. The average molecular weight is 251 g/mol. The molecule has 5 heteroatoms. The number of hydrogen-bond acceptors (Lipinski definition) is 4. The maximum absolute atomic E-state index is 12.1. The molecule has 0 unspecified atom stereocenters. The van der Waals surface area contributed by atoms with Gasteiger partial charge in [0.25, 0.3) is 5.91 Å². The molecule has 1 amide bonds. The van der Waals surface area contributed by atoms with Crippen LogP contribution in [0.1, 0.15) is 30.1 Å². The molecule has 1 aliphatic heterocycles. The van der Waals surface area contributed by atoms with Crippen molar-refractivity contribution in [2.24, 2.45) is 5.92 Å². The fraction of sp³-hybridized carbons (Fsp3) is 0.692. The Hall–Kier alpha value is -1.36. The van der Waals surface area contributed by atoms with Crippen LogP contribution in [0.5, 0.6) is 0 Å². The highest BCUT2D eigenvalue weighted by atomic mass is 16.5. The highest BCUT2D eigenvalue weighted by Crippen LogP contribution is 2.10. The van der Waals surface area contributed by atoms with E-state index < -0.39 is 0 Å². The van der Waals surface area contributed by atoms with Gasteiger partial charge in [-0.3, -0.25) is 9.69 Å². The summed E-state index contributed by atoms with van der Waals surface area (Å²) in [6.45, 7) is 10.8. The molecule has 0 aromatic carbocycles. The van der Waals surface area contributed by atoms with Crippen molar-refractivity contribution in [2.45, 2.75) is 20.8 Å². The standard InChI is InChI=1S/C13H21N3O2/c1-10(2)9-15-4-6-16(7-5-15)13(17)12-8-11(3)18-14-12/h8,10H,4-7,9H2,1-3H3. The SMILES string of the molecule is Cc1cc(C(=O)N2CCN(CC(C)C)CC2)no1. The van der Waals surface area contributed by atoms with Crippen LogP contribution < -0.4 is 0 Å². The zero-order valence-electron chi connectivity index (χ0n) is 11.3. The molecular formula is C13H21N3O2. The second kappa shape index (κ2) is 5.52. The van der Waals surface area contributed by atoms with Gasteiger partial charge in [0.15, 0.2) is 5.69 Å². The highest BCUT2D eigenvalue weighted by Gasteiger charge is 2.24. The highest BCUT2D eigenvalue weighted by molar-refractivity contribution is 5.92. The Balaban J connectivity index is 1.88. The molecule has 0 N–H and O–H groups in total. The molecule has 0 spiro atoms. The number of carbonyl (C=O) groups excluding carboxylic acids is 1. The van der Waals surface area contributed by atoms with Crippen LogP contribution in [-0.2, 0) is 0 Å². The number of aryl methyl sites for hydroxylation is 1. The Morgan fingerprint density at radius 1 is 1.39 bits per heavy atom. The summed E-state index contributed by atoms with van der Waals surface area (Å²) >= 11 is 0. The summed E-state index contributed by atoms with van der Waals surface area (Å²) in [4.78, 5) is 16.4. The van der Waals surface area contributed by atoms with E-state index in [-0.39, 0.29) is 5.91 Å². The molecule has 5 nitrogen and oxygen atoms in total. The van der Waals surface area contributed by atoms with Gasteiger partial charge in [-0.25, -0.2) is 0 Å². The van der Waals surface area contributed by atoms with Crippen molar-refractivity contribution in [3.63, 3.8) is 0 Å². The molecule has 1 saturated heterocycles. The lowest BCUT2D eigenvalue weighted by Gasteiger charge is -2.35. The van der Waals surface area contributed by atoms with E-state index in [1.165, 1.54) is 0 Å². The molecule has 1 aromatic heterocycles. The van der Waals surface area contributed by atoms with Crippen molar-refractivity contribution in [3.05, 3.63) is 17.5 Å². The molecule has 100 valence electrons. The van der Waals surface area contributed by atoms with E-state index in [0.717, 1.165) is 32.7 Å². The summed E-state index contributed by atoms with van der Waals surface area (Å²) in [6.07, 6.45) is 0. The second-order valence-electron chi connectivity index (χ2n) is 5.31. The van der Waals surface area contributed by atoms with Gasteiger partial charge in [-0.1, -0.05) is 19.0 Å². The number of aromatic nitrogens is 1. The third kappa shape index (κ3) is 3.10. The third-order valence-corrected chi connectivity index (χ3v) is 3.13. The average Bonchev–Trinajstić information content (AvgIpc) is 2.75. The van der Waals surface area contributed by atoms with Gasteiger partial charge in [0.1, 0.15) is 5.76 Å². The lowest BCUT2D eigenvalue weighted by molar-refractivity contribution is 0.0614. The van der Waals surface area contributed by atoms with E-state index in [4.69, 9.17) is 4.52 Å². The Labute approximate surface area is 108 Å². The first-order valence-electron chi connectivity index (χ1n) is 6.51. The molecule has 18 heavy (non-hydrogen) atoms. The molecule has 0 bridgehead atoms. The molecule has 0 atom stereocenters. The fourth-order valence-corrected chi connectivity index (χ4v) is 2.28. The van der Waals surface area contributed by atoms with Gasteiger partial charge in [0.05, 0.1) is 0 Å². The van der Waals surface area contributed by atoms with Crippen LogP contribution in [0, 0.1) is 12.8 Å². The Morgan fingerprint density at radius 2 is 2.06 bits per heavy atom. The van der Waals surface area contributed by atoms with Crippen molar-refractivity contribution < 1.29 is 9.32 Å². The molecule has 1 aliphatic rings. The molecule has 0 aliphatic carbocycles. The van der Waals surface area contributed by atoms with Gasteiger partial charge in [-0.05, 0) is 12.8 Å². The van der Waals surface area contributed by atoms with Crippen molar-refractivity contribution in [2.75, 3.05) is 32.7 Å². The molecule has 2 rings (SSSR count). The predicted molar refractivity (Wildman–Crippen MR) is 68.4 cm³/mol. The van der Waals surface area contributed by atoms with Gasteiger partial charge in [0, 0.05) is 38.8 Å². The summed E-state index contributed by atoms with van der Waals surface area (Å²) < 4.78 is 4.94. The number of rotatable bonds is 3. The predicted octanol–water partition coefficient (Wildman–Crippen LogP) is 1.40. The van der Waals surface area contributed by atoms with Crippen molar-refractivity contribution in [3.8, 4) is 0 Å². The van der Waals surface area contributed by atoms with Crippen LogP contribution in [0.15, 0.2) is 10.6 Å². The first kappa shape index (κ1) is 13.1. The summed E-state index contributed by atoms with van der Waals surface area (Å²) in [7, 11) is 0. The molecule has 1 fully saturated rings. The number of carbonyl (C=O) groups is 1. The topological polar surface area (TPSA) is 49.6 Å². The Bertz CT molecular complexity index is 406. The van der Waals surface area contributed by atoms with Crippen LogP contribution in [0.3, 0.4) is 0 Å². The van der Waals surface area contributed by atoms with E-state index in [9.17, 15) is 4.79 Å². The lowest BCUT2D eigenvalue weighted by Crippen LogP contribution is -2.49. The number of hydrogen-bond donors (Lipinski definition) is 0. The maximum atomic E-state index is 12.1. The van der Waals surface area contributed by atoms with Gasteiger partial charge in [-0.15, -0.1) is 0 Å². The fourth-order valence-electron chi connectivity index (χ4n) is 2.28. The lowest BCUT2D eigenvalue weighted by atomic mass is 10.2. The quantitative estimate of drug-likeness (QED) is 0.814. The van der Waals surface area contributed by atoms with Crippen molar-refractivity contribution in [1.82, 2.24) is 15.0 Å². The Morgan fingerprint density at radius 3 is 2.56 bits per heavy atom. The first-order chi connectivity index (χ1) is 8.56. The van der Waals surface area contributed by atoms with E-state index >= 15 is 0 Å². The number of amides is 1. The van der Waals surface area contributed by atoms with Crippen LogP contribution in [0.25, 0.3) is 0 Å². The van der Waals surface area contributed by atoms with Crippen LogP contribution in [-0.4, -0.2) is 53.6 Å². The minimum Gasteiger partial charge on any atom is -0.361 e. The van der Waals surface area contributed by atoms with Gasteiger partial charge in [-0.2, -0.15) is 0 Å².